The topological polar surface area (TPSA) is 28.5 Å². The Morgan fingerprint density at radius 1 is 1.00 bits per heavy atom. The van der Waals surface area contributed by atoms with Gasteiger partial charge in [-0.1, -0.05) is 0 Å². The van der Waals surface area contributed by atoms with E-state index in [0.717, 1.165) is 0 Å². The van der Waals surface area contributed by atoms with Crippen LogP contribution in [0.25, 0.3) is 0 Å². The van der Waals surface area contributed by atoms with Crippen LogP contribution in [0.1, 0.15) is 0 Å². The Morgan fingerprint density at radius 3 is 1.00 bits per heavy atom. The van der Waals surface area contributed by atoms with Gasteiger partial charge in [-0.25, -0.2) is 0 Å². The van der Waals surface area contributed by atoms with E-state index in [0.29, 0.717) is 0 Å². The van der Waals surface area contributed by atoms with Crippen molar-refractivity contribution in [2.24, 2.45) is 0 Å². The Kier molecular flexibility index (Phi) is 99.6. The van der Waals surface area contributed by atoms with Crippen molar-refractivity contribution in [3.8, 4) is 0 Å². The van der Waals surface area contributed by atoms with E-state index in [-0.39, 0.29) is 122 Å². The largest absolute Gasteiger partial charge is 5.00 e. The molecular formula is BaNbOSr+7. The van der Waals surface area contributed by atoms with Gasteiger partial charge in [-0.15, -0.1) is 0 Å². The average Bonchev–Trinajstić information content (AvgIpc) is 0. The predicted octanol–water partition coefficient (Wildman–Crippen LogP) is -0.883. The van der Waals surface area contributed by atoms with Crippen LogP contribution in [0.15, 0.2) is 0 Å². The minimum Gasteiger partial charge on any atom is -2.00 e. The molecule has 4 heteroatoms. The van der Waals surface area contributed by atoms with Gasteiger partial charge in [0.05, 0.1) is 0 Å². The second kappa shape index (κ2) is 15.9. The molecule has 0 rings (SSSR count). The Morgan fingerprint density at radius 2 is 1.00 bits per heavy atom. The van der Waals surface area contributed by atoms with Gasteiger partial charge in [0, 0.05) is 0 Å². The molecule has 4 heavy (non-hydrogen) atoms. The molecule has 0 bridgehead atoms. The molecule has 0 spiro atoms. The third-order valence-electron chi connectivity index (χ3n) is 0. The van der Waals surface area contributed by atoms with Crippen molar-refractivity contribution in [1.29, 1.82) is 0 Å². The van der Waals surface area contributed by atoms with Crippen molar-refractivity contribution in [3.05, 3.63) is 0 Å². The van der Waals surface area contributed by atoms with Gasteiger partial charge in [-0.3, -0.25) is 0 Å². The summed E-state index contributed by atoms with van der Waals surface area (Å²) in [5.41, 5.74) is 0. The molecule has 8 valence electrons. The van der Waals surface area contributed by atoms with Crippen LogP contribution in [0, 0.1) is 0 Å². The van der Waals surface area contributed by atoms with E-state index in [4.69, 9.17) is 0 Å². The third kappa shape index (κ3) is 9.23. The summed E-state index contributed by atoms with van der Waals surface area (Å²) in [5, 5.41) is 0. The van der Waals surface area contributed by atoms with Crippen molar-refractivity contribution in [3.63, 3.8) is 0 Å². The van der Waals surface area contributed by atoms with Crippen molar-refractivity contribution in [2.75, 3.05) is 0 Å². The van der Waals surface area contributed by atoms with E-state index in [1.54, 1.807) is 0 Å². The second-order valence-corrected chi connectivity index (χ2v) is 0. The molecule has 0 aromatic rings. The smallest absolute Gasteiger partial charge is 2.00 e. The molecule has 0 aromatic heterocycles. The molecule has 0 saturated heterocycles. The fraction of sp³-hybridized carbons (Fsp3) is 0. The summed E-state index contributed by atoms with van der Waals surface area (Å²) in [6.45, 7) is 0. The Labute approximate surface area is 118 Å². The van der Waals surface area contributed by atoms with Gasteiger partial charge in [-0.2, -0.15) is 0 Å². The van der Waals surface area contributed by atoms with Crippen LogP contribution in [0.4, 0.5) is 0 Å². The number of hydrogen-bond acceptors (Lipinski definition) is 0. The van der Waals surface area contributed by atoms with Gasteiger partial charge >= 0.3 is 117 Å². The Balaban J connectivity index is 0. The van der Waals surface area contributed by atoms with Crippen molar-refractivity contribution in [2.45, 2.75) is 0 Å². The fourth-order valence-corrected chi connectivity index (χ4v) is 0. The molecule has 0 aromatic carbocycles. The molecule has 0 heterocycles. The molecule has 0 aliphatic carbocycles. The Bertz CT molecular complexity index is 8.00. The van der Waals surface area contributed by atoms with Crippen LogP contribution in [0.2, 0.25) is 0 Å². The first kappa shape index (κ1) is 25.1. The minimum absolute atomic E-state index is 0. The van der Waals surface area contributed by atoms with Crippen molar-refractivity contribution in [1.82, 2.24) is 0 Å². The first-order chi connectivity index (χ1) is 0. The third-order valence-corrected chi connectivity index (χ3v) is 0. The average molecular weight is 334 g/mol. The number of rotatable bonds is 0. The summed E-state index contributed by atoms with van der Waals surface area (Å²) in [6.07, 6.45) is 0. The van der Waals surface area contributed by atoms with Gasteiger partial charge < -0.3 is 5.48 Å². The molecule has 0 amide bonds. The SMILES string of the molecule is [Ba+2].[Nb+5].[O-2].[Sr+2]. The molecule has 1 nitrogen and oxygen atoms in total. The summed E-state index contributed by atoms with van der Waals surface area (Å²) >= 11 is 0. The molecule has 0 aliphatic heterocycles. The maximum absolute atomic E-state index is 0. The molecule has 0 unspecified atom stereocenters. The summed E-state index contributed by atoms with van der Waals surface area (Å²) < 4.78 is 0. The van der Waals surface area contributed by atoms with Crippen LogP contribution in [0.3, 0.4) is 0 Å². The maximum Gasteiger partial charge on any atom is 5.00 e. The van der Waals surface area contributed by atoms with E-state index in [9.17, 15) is 0 Å². The molecular weight excluding hydrogens is 334 g/mol. The summed E-state index contributed by atoms with van der Waals surface area (Å²) in [4.78, 5) is 0. The van der Waals surface area contributed by atoms with E-state index < -0.39 is 0 Å². The molecule has 0 N–H and O–H groups in total. The molecule has 0 saturated carbocycles. The van der Waals surface area contributed by atoms with E-state index in [1.165, 1.54) is 0 Å². The van der Waals surface area contributed by atoms with Gasteiger partial charge in [-0.05, 0) is 0 Å². The predicted molar refractivity (Wildman–Crippen MR) is 12.2 cm³/mol. The molecule has 0 fully saturated rings. The van der Waals surface area contributed by atoms with Crippen molar-refractivity contribution >= 4 is 94.4 Å². The first-order valence-electron chi connectivity index (χ1n) is 0. The van der Waals surface area contributed by atoms with Crippen LogP contribution >= 0.6 is 0 Å². The first-order valence-corrected chi connectivity index (χ1v) is 0. The second-order valence-electron chi connectivity index (χ2n) is 0. The summed E-state index contributed by atoms with van der Waals surface area (Å²) in [6, 6.07) is 0. The van der Waals surface area contributed by atoms with Gasteiger partial charge in [0.2, 0.25) is 0 Å². The maximum atomic E-state index is 0. The van der Waals surface area contributed by atoms with Crippen LogP contribution < -0.4 is 0 Å². The fourth-order valence-electron chi connectivity index (χ4n) is 0. The van der Waals surface area contributed by atoms with Gasteiger partial charge in [0.15, 0.2) is 0 Å². The zero-order valence-corrected chi connectivity index (χ0v) is 12.4. The van der Waals surface area contributed by atoms with E-state index in [2.05, 4.69) is 0 Å². The van der Waals surface area contributed by atoms with Gasteiger partial charge in [0.25, 0.3) is 0 Å². The zero-order valence-electron chi connectivity index (χ0n) is 2.27. The molecule has 0 aliphatic rings. The molecule has 0 atom stereocenters. The standard InChI is InChI=1S/Ba.Nb.O.Sr/q+2;+5;-2;+2. The summed E-state index contributed by atoms with van der Waals surface area (Å²) in [7, 11) is 0. The Hall–Kier alpha value is 3.75. The summed E-state index contributed by atoms with van der Waals surface area (Å²) in [5.74, 6) is 0. The van der Waals surface area contributed by atoms with Crippen molar-refractivity contribution < 1.29 is 27.9 Å². The quantitative estimate of drug-likeness (QED) is 0.515. The molecule has 0 radical (unpaired) electrons. The van der Waals surface area contributed by atoms with Gasteiger partial charge in [0.1, 0.15) is 0 Å². The monoisotopic (exact) mass is 335 g/mol. The van der Waals surface area contributed by atoms with E-state index >= 15 is 0 Å². The minimum atomic E-state index is 0. The normalized spacial score (nSPS) is 0. The number of hydrogen-bond donors (Lipinski definition) is 0. The van der Waals surface area contributed by atoms with Crippen LogP contribution in [-0.4, -0.2) is 94.4 Å². The zero-order chi connectivity index (χ0) is 0. The van der Waals surface area contributed by atoms with Crippen LogP contribution in [0.5, 0.6) is 0 Å². The van der Waals surface area contributed by atoms with E-state index in [1.807, 2.05) is 0 Å². The van der Waals surface area contributed by atoms with Crippen LogP contribution in [-0.2, 0) is 27.9 Å².